The number of hydrogen-bond acceptors (Lipinski definition) is 5. The SMILES string of the molecule is O=C(N/N=C/C1CCCC1)c1cc2c([nH]c3ccccc32)c(-c2cccc([N+](=O)[O-])c2)n1. The number of H-pyrrole nitrogens is 1. The molecule has 5 rings (SSSR count). The summed E-state index contributed by atoms with van der Waals surface area (Å²) in [5.74, 6) is -0.0158. The summed E-state index contributed by atoms with van der Waals surface area (Å²) in [4.78, 5) is 31.6. The molecule has 0 radical (unpaired) electrons. The lowest BCUT2D eigenvalue weighted by Gasteiger charge is -2.07. The molecule has 2 N–H and O–H groups in total. The first kappa shape index (κ1) is 19.9. The highest BCUT2D eigenvalue weighted by molar-refractivity contribution is 6.13. The van der Waals surface area contributed by atoms with Gasteiger partial charge in [0.2, 0.25) is 0 Å². The van der Waals surface area contributed by atoms with Crippen molar-refractivity contribution in [3.8, 4) is 11.3 Å². The molecule has 0 saturated heterocycles. The lowest BCUT2D eigenvalue weighted by molar-refractivity contribution is -0.384. The maximum absolute atomic E-state index is 12.9. The Morgan fingerprint density at radius 1 is 1.12 bits per heavy atom. The summed E-state index contributed by atoms with van der Waals surface area (Å²) in [6.45, 7) is 0. The van der Waals surface area contributed by atoms with Crippen molar-refractivity contribution in [1.82, 2.24) is 15.4 Å². The average Bonchev–Trinajstić information content (AvgIpc) is 3.46. The zero-order chi connectivity index (χ0) is 22.1. The van der Waals surface area contributed by atoms with Gasteiger partial charge in [0.25, 0.3) is 11.6 Å². The van der Waals surface area contributed by atoms with E-state index in [1.807, 2.05) is 24.3 Å². The Morgan fingerprint density at radius 3 is 2.75 bits per heavy atom. The first-order valence-electron chi connectivity index (χ1n) is 10.6. The third kappa shape index (κ3) is 3.71. The number of carbonyl (C=O) groups excluding carboxylic acids is 1. The van der Waals surface area contributed by atoms with E-state index in [2.05, 4.69) is 20.5 Å². The summed E-state index contributed by atoms with van der Waals surface area (Å²) < 4.78 is 0. The van der Waals surface area contributed by atoms with Gasteiger partial charge in [-0.1, -0.05) is 43.2 Å². The van der Waals surface area contributed by atoms with E-state index in [9.17, 15) is 14.9 Å². The van der Waals surface area contributed by atoms with E-state index in [4.69, 9.17) is 0 Å². The van der Waals surface area contributed by atoms with Crippen molar-refractivity contribution in [1.29, 1.82) is 0 Å². The van der Waals surface area contributed by atoms with Crippen molar-refractivity contribution in [3.05, 3.63) is 70.4 Å². The molecule has 0 bridgehead atoms. The topological polar surface area (TPSA) is 113 Å². The Labute approximate surface area is 183 Å². The summed E-state index contributed by atoms with van der Waals surface area (Å²) in [6.07, 6.45) is 6.37. The van der Waals surface area contributed by atoms with Crippen LogP contribution < -0.4 is 5.43 Å². The maximum Gasteiger partial charge on any atom is 0.289 e. The zero-order valence-electron chi connectivity index (χ0n) is 17.2. The van der Waals surface area contributed by atoms with Crippen LogP contribution in [-0.2, 0) is 0 Å². The van der Waals surface area contributed by atoms with Gasteiger partial charge in [0.05, 0.1) is 16.1 Å². The Balaban J connectivity index is 1.61. The van der Waals surface area contributed by atoms with E-state index < -0.39 is 10.8 Å². The number of hydrazone groups is 1. The van der Waals surface area contributed by atoms with Gasteiger partial charge >= 0.3 is 0 Å². The van der Waals surface area contributed by atoms with Gasteiger partial charge in [-0.2, -0.15) is 5.10 Å². The van der Waals surface area contributed by atoms with Crippen LogP contribution in [0.1, 0.15) is 36.2 Å². The molecule has 1 aliphatic rings. The molecule has 32 heavy (non-hydrogen) atoms. The largest absolute Gasteiger partial charge is 0.353 e. The van der Waals surface area contributed by atoms with E-state index in [1.54, 1.807) is 24.4 Å². The van der Waals surface area contributed by atoms with Crippen molar-refractivity contribution in [2.24, 2.45) is 11.0 Å². The molecule has 2 aromatic heterocycles. The number of rotatable bonds is 5. The van der Waals surface area contributed by atoms with E-state index in [0.29, 0.717) is 17.2 Å². The van der Waals surface area contributed by atoms with Gasteiger partial charge < -0.3 is 4.98 Å². The molecular formula is C24H21N5O3. The normalized spacial score (nSPS) is 14.5. The van der Waals surface area contributed by atoms with Gasteiger partial charge in [-0.25, -0.2) is 10.4 Å². The second kappa shape index (κ2) is 8.22. The number of nitrogens with zero attached hydrogens (tertiary/aromatic N) is 3. The Kier molecular flexibility index (Phi) is 5.10. The first-order chi connectivity index (χ1) is 15.6. The van der Waals surface area contributed by atoms with Crippen LogP contribution in [0.3, 0.4) is 0 Å². The Hall–Kier alpha value is -4.07. The molecule has 0 atom stereocenters. The van der Waals surface area contributed by atoms with Crippen LogP contribution in [0.15, 0.2) is 59.7 Å². The third-order valence-corrected chi connectivity index (χ3v) is 5.91. The minimum absolute atomic E-state index is 0.0374. The summed E-state index contributed by atoms with van der Waals surface area (Å²) >= 11 is 0. The number of benzene rings is 2. The van der Waals surface area contributed by atoms with Crippen LogP contribution in [-0.4, -0.2) is 27.0 Å². The highest BCUT2D eigenvalue weighted by Gasteiger charge is 2.19. The minimum Gasteiger partial charge on any atom is -0.353 e. The van der Waals surface area contributed by atoms with Crippen molar-refractivity contribution < 1.29 is 9.72 Å². The fourth-order valence-electron chi connectivity index (χ4n) is 4.30. The minimum atomic E-state index is -0.444. The number of nitro benzene ring substituents is 1. The number of para-hydroxylation sites is 1. The third-order valence-electron chi connectivity index (χ3n) is 5.91. The number of carbonyl (C=O) groups is 1. The predicted molar refractivity (Wildman–Crippen MR) is 124 cm³/mol. The lowest BCUT2D eigenvalue weighted by Crippen LogP contribution is -2.20. The smallest absolute Gasteiger partial charge is 0.289 e. The van der Waals surface area contributed by atoms with Crippen molar-refractivity contribution in [2.45, 2.75) is 25.7 Å². The molecular weight excluding hydrogens is 406 g/mol. The summed E-state index contributed by atoms with van der Waals surface area (Å²) in [7, 11) is 0. The number of non-ortho nitro benzene ring substituents is 1. The number of pyridine rings is 1. The van der Waals surface area contributed by atoms with Crippen molar-refractivity contribution in [3.63, 3.8) is 0 Å². The summed E-state index contributed by atoms with van der Waals surface area (Å²) in [6, 6.07) is 15.7. The Morgan fingerprint density at radius 2 is 1.94 bits per heavy atom. The number of aromatic nitrogens is 2. The fraction of sp³-hybridized carbons (Fsp3) is 0.208. The van der Waals surface area contributed by atoms with Gasteiger partial charge in [0.15, 0.2) is 0 Å². The molecule has 8 nitrogen and oxygen atoms in total. The molecule has 0 aliphatic heterocycles. The van der Waals surface area contributed by atoms with Gasteiger partial charge in [0.1, 0.15) is 5.69 Å². The van der Waals surface area contributed by atoms with Gasteiger partial charge in [-0.3, -0.25) is 14.9 Å². The first-order valence-corrected chi connectivity index (χ1v) is 10.6. The number of aromatic amines is 1. The summed E-state index contributed by atoms with van der Waals surface area (Å²) in [5.41, 5.74) is 5.40. The number of nitro groups is 1. The number of fused-ring (bicyclic) bond motifs is 3. The molecule has 2 aromatic carbocycles. The molecule has 8 heteroatoms. The van der Waals surface area contributed by atoms with Crippen LogP contribution in [0.2, 0.25) is 0 Å². The van der Waals surface area contributed by atoms with Gasteiger partial charge in [-0.05, 0) is 30.9 Å². The molecule has 1 saturated carbocycles. The number of nitrogens with one attached hydrogen (secondary N) is 2. The fourth-order valence-corrected chi connectivity index (χ4v) is 4.30. The van der Waals surface area contributed by atoms with Crippen LogP contribution in [0.4, 0.5) is 5.69 Å². The molecule has 4 aromatic rings. The highest BCUT2D eigenvalue weighted by Crippen LogP contribution is 2.33. The predicted octanol–water partition coefficient (Wildman–Crippen LogP) is 5.20. The van der Waals surface area contributed by atoms with Gasteiger partial charge in [-0.15, -0.1) is 0 Å². The van der Waals surface area contributed by atoms with Crippen molar-refractivity contribution >= 4 is 39.6 Å². The lowest BCUT2D eigenvalue weighted by atomic mass is 10.1. The van der Waals surface area contributed by atoms with Crippen LogP contribution in [0.5, 0.6) is 0 Å². The molecule has 1 fully saturated rings. The second-order valence-electron chi connectivity index (χ2n) is 8.02. The van der Waals surface area contributed by atoms with Crippen LogP contribution in [0, 0.1) is 16.0 Å². The molecule has 1 aliphatic carbocycles. The highest BCUT2D eigenvalue weighted by atomic mass is 16.6. The average molecular weight is 427 g/mol. The zero-order valence-corrected chi connectivity index (χ0v) is 17.2. The summed E-state index contributed by atoms with van der Waals surface area (Å²) in [5, 5.41) is 17.2. The monoisotopic (exact) mass is 427 g/mol. The van der Waals surface area contributed by atoms with E-state index in [-0.39, 0.29) is 11.4 Å². The Bertz CT molecular complexity index is 1370. The number of hydrogen-bond donors (Lipinski definition) is 2. The molecule has 2 heterocycles. The van der Waals surface area contributed by atoms with E-state index in [1.165, 1.54) is 25.0 Å². The second-order valence-corrected chi connectivity index (χ2v) is 8.02. The maximum atomic E-state index is 12.9. The molecule has 0 unspecified atom stereocenters. The standard InChI is InChI=1S/C24H21N5O3/c30-24(28-25-14-15-6-1-2-7-15)21-13-19-18-10-3-4-11-20(18)26-23(19)22(27-21)16-8-5-9-17(12-16)29(31)32/h3-5,8-15,26H,1-2,6-7H2,(H,28,30)/b25-14+. The number of amides is 1. The quantitative estimate of drug-likeness (QED) is 0.259. The van der Waals surface area contributed by atoms with Gasteiger partial charge in [0, 0.05) is 40.2 Å². The molecule has 1 amide bonds. The molecule has 0 spiro atoms. The molecule has 160 valence electrons. The van der Waals surface area contributed by atoms with Crippen LogP contribution in [0.25, 0.3) is 33.1 Å². The van der Waals surface area contributed by atoms with Crippen molar-refractivity contribution in [2.75, 3.05) is 0 Å². The van der Waals surface area contributed by atoms with Crippen LogP contribution >= 0.6 is 0 Å². The van der Waals surface area contributed by atoms with E-state index in [0.717, 1.165) is 34.6 Å². The van der Waals surface area contributed by atoms with E-state index >= 15 is 0 Å².